The average Bonchev–Trinajstić information content (AvgIpc) is 2.57. The molecule has 0 amide bonds. The molecule has 3 heteroatoms. The van der Waals surface area contributed by atoms with Crippen molar-refractivity contribution in [1.29, 1.82) is 0 Å². The van der Waals surface area contributed by atoms with Gasteiger partial charge in [-0.15, -0.1) is 0 Å². The summed E-state index contributed by atoms with van der Waals surface area (Å²) in [4.78, 5) is 2.50. The minimum Gasteiger partial charge on any atom is -0.297 e. The quantitative estimate of drug-likeness (QED) is 0.748. The summed E-state index contributed by atoms with van der Waals surface area (Å²) in [6, 6.07) is 2.05. The highest BCUT2D eigenvalue weighted by Crippen LogP contribution is 2.16. The lowest BCUT2D eigenvalue weighted by molar-refractivity contribution is 0.175. The van der Waals surface area contributed by atoms with Gasteiger partial charge in [0.1, 0.15) is 0 Å². The second-order valence-electron chi connectivity index (χ2n) is 4.06. The summed E-state index contributed by atoms with van der Waals surface area (Å²) in [5.41, 5.74) is 1.23. The Kier molecular flexibility index (Phi) is 2.64. The molecule has 1 N–H and O–H groups in total. The number of aromatic amines is 1. The number of hydrogen-bond donors (Lipinski definition) is 1. The zero-order valence-corrected chi connectivity index (χ0v) is 8.16. The van der Waals surface area contributed by atoms with E-state index in [4.69, 9.17) is 0 Å². The molecule has 2 heterocycles. The van der Waals surface area contributed by atoms with Gasteiger partial charge in [0.25, 0.3) is 0 Å². The largest absolute Gasteiger partial charge is 0.297 e. The first-order chi connectivity index (χ1) is 6.34. The molecule has 0 radical (unpaired) electrons. The molecule has 13 heavy (non-hydrogen) atoms. The third-order valence-corrected chi connectivity index (χ3v) is 2.69. The Morgan fingerprint density at radius 3 is 3.31 bits per heavy atom. The molecule has 1 atom stereocenters. The Bertz CT molecular complexity index is 243. The third-order valence-electron chi connectivity index (χ3n) is 2.69. The van der Waals surface area contributed by atoms with Gasteiger partial charge in [0.15, 0.2) is 0 Å². The van der Waals surface area contributed by atoms with Crippen molar-refractivity contribution < 1.29 is 0 Å². The van der Waals surface area contributed by atoms with Crippen LogP contribution in [0, 0.1) is 5.92 Å². The van der Waals surface area contributed by atoms with E-state index in [9.17, 15) is 0 Å². The van der Waals surface area contributed by atoms with Gasteiger partial charge in [0.2, 0.25) is 0 Å². The van der Waals surface area contributed by atoms with Crippen LogP contribution >= 0.6 is 0 Å². The van der Waals surface area contributed by atoms with Gasteiger partial charge in [-0.1, -0.05) is 6.92 Å². The van der Waals surface area contributed by atoms with Crippen molar-refractivity contribution in [2.24, 2.45) is 5.92 Å². The summed E-state index contributed by atoms with van der Waals surface area (Å²) in [5, 5.41) is 6.96. The van der Waals surface area contributed by atoms with Crippen LogP contribution in [0.2, 0.25) is 0 Å². The predicted molar refractivity (Wildman–Crippen MR) is 52.3 cm³/mol. The van der Waals surface area contributed by atoms with Crippen molar-refractivity contribution in [3.05, 3.63) is 18.0 Å². The summed E-state index contributed by atoms with van der Waals surface area (Å²) in [6.45, 7) is 5.84. The van der Waals surface area contributed by atoms with Gasteiger partial charge in [-0.25, -0.2) is 0 Å². The van der Waals surface area contributed by atoms with Crippen molar-refractivity contribution in [2.75, 3.05) is 13.1 Å². The van der Waals surface area contributed by atoms with Crippen LogP contribution in [-0.4, -0.2) is 28.2 Å². The van der Waals surface area contributed by atoms with Crippen molar-refractivity contribution >= 4 is 0 Å². The van der Waals surface area contributed by atoms with Crippen molar-refractivity contribution in [2.45, 2.75) is 26.3 Å². The van der Waals surface area contributed by atoms with Gasteiger partial charge in [0, 0.05) is 25.0 Å². The molecule has 1 aromatic heterocycles. The topological polar surface area (TPSA) is 31.9 Å². The lowest BCUT2D eigenvalue weighted by Crippen LogP contribution is -2.33. The van der Waals surface area contributed by atoms with Gasteiger partial charge in [-0.05, 0) is 31.4 Å². The fourth-order valence-corrected chi connectivity index (χ4v) is 2.04. The van der Waals surface area contributed by atoms with Crippen molar-refractivity contribution in [3.8, 4) is 0 Å². The third kappa shape index (κ3) is 2.31. The van der Waals surface area contributed by atoms with E-state index in [-0.39, 0.29) is 0 Å². The van der Waals surface area contributed by atoms with E-state index in [1.54, 1.807) is 0 Å². The number of hydrogen-bond acceptors (Lipinski definition) is 2. The molecule has 0 bridgehead atoms. The second kappa shape index (κ2) is 3.92. The Morgan fingerprint density at radius 1 is 1.69 bits per heavy atom. The first-order valence-electron chi connectivity index (χ1n) is 5.05. The maximum Gasteiger partial charge on any atom is 0.0492 e. The monoisotopic (exact) mass is 179 g/mol. The molecular weight excluding hydrogens is 162 g/mol. The molecule has 3 nitrogen and oxygen atoms in total. The number of nitrogens with one attached hydrogen (secondary N) is 1. The van der Waals surface area contributed by atoms with E-state index in [1.165, 1.54) is 31.6 Å². The first kappa shape index (κ1) is 8.75. The molecule has 0 spiro atoms. The van der Waals surface area contributed by atoms with Gasteiger partial charge in [-0.3, -0.25) is 10.00 Å². The second-order valence-corrected chi connectivity index (χ2v) is 4.06. The molecule has 72 valence electrons. The summed E-state index contributed by atoms with van der Waals surface area (Å²) < 4.78 is 0. The summed E-state index contributed by atoms with van der Waals surface area (Å²) in [7, 11) is 0. The number of aromatic nitrogens is 2. The number of rotatable bonds is 2. The zero-order valence-electron chi connectivity index (χ0n) is 8.16. The molecule has 1 aromatic rings. The van der Waals surface area contributed by atoms with Crippen LogP contribution in [0.1, 0.15) is 25.5 Å². The zero-order chi connectivity index (χ0) is 9.10. The first-order valence-corrected chi connectivity index (χ1v) is 5.05. The maximum atomic E-state index is 3.96. The molecule has 0 aliphatic carbocycles. The van der Waals surface area contributed by atoms with Crippen LogP contribution in [0.15, 0.2) is 12.3 Å². The lowest BCUT2D eigenvalue weighted by atomic mass is 10.0. The minimum absolute atomic E-state index is 0.858. The fraction of sp³-hybridized carbons (Fsp3) is 0.700. The summed E-state index contributed by atoms with van der Waals surface area (Å²) >= 11 is 0. The van der Waals surface area contributed by atoms with Crippen LogP contribution < -0.4 is 0 Å². The molecule has 0 aromatic carbocycles. The highest BCUT2D eigenvalue weighted by atomic mass is 15.2. The van der Waals surface area contributed by atoms with Crippen LogP contribution in [0.4, 0.5) is 0 Å². The SMILES string of the molecule is C[C@H]1CCCN(Cc2ccn[nH]2)C1. The molecule has 0 unspecified atom stereocenters. The van der Waals surface area contributed by atoms with Crippen LogP contribution in [-0.2, 0) is 6.54 Å². The van der Waals surface area contributed by atoms with Gasteiger partial charge < -0.3 is 0 Å². The molecule has 1 aliphatic rings. The Hall–Kier alpha value is -0.830. The van der Waals surface area contributed by atoms with E-state index in [1.807, 2.05) is 6.20 Å². The number of piperidine rings is 1. The highest BCUT2D eigenvalue weighted by Gasteiger charge is 2.16. The molecular formula is C10H17N3. The number of nitrogens with zero attached hydrogens (tertiary/aromatic N) is 2. The van der Waals surface area contributed by atoms with E-state index >= 15 is 0 Å². The summed E-state index contributed by atoms with van der Waals surface area (Å²) in [5.74, 6) is 0.858. The van der Waals surface area contributed by atoms with Crippen molar-refractivity contribution in [1.82, 2.24) is 15.1 Å². The molecule has 0 saturated carbocycles. The van der Waals surface area contributed by atoms with Crippen molar-refractivity contribution in [3.63, 3.8) is 0 Å². The van der Waals surface area contributed by atoms with Crippen LogP contribution in [0.5, 0.6) is 0 Å². The standard InChI is InChI=1S/C10H17N3/c1-9-3-2-6-13(7-9)8-10-4-5-11-12-10/h4-5,9H,2-3,6-8H2,1H3,(H,11,12)/t9-/m0/s1. The Morgan fingerprint density at radius 2 is 2.62 bits per heavy atom. The van der Waals surface area contributed by atoms with Gasteiger partial charge >= 0.3 is 0 Å². The smallest absolute Gasteiger partial charge is 0.0492 e. The van der Waals surface area contributed by atoms with Gasteiger partial charge in [0.05, 0.1) is 0 Å². The highest BCUT2D eigenvalue weighted by molar-refractivity contribution is 4.97. The molecule has 1 saturated heterocycles. The Labute approximate surface area is 79.1 Å². The predicted octanol–water partition coefficient (Wildman–Crippen LogP) is 1.64. The van der Waals surface area contributed by atoms with E-state index in [2.05, 4.69) is 28.1 Å². The van der Waals surface area contributed by atoms with Crippen LogP contribution in [0.3, 0.4) is 0 Å². The van der Waals surface area contributed by atoms with E-state index in [0.29, 0.717) is 0 Å². The van der Waals surface area contributed by atoms with E-state index < -0.39 is 0 Å². The molecule has 1 fully saturated rings. The average molecular weight is 179 g/mol. The Balaban J connectivity index is 1.87. The normalized spacial score (nSPS) is 24.8. The van der Waals surface area contributed by atoms with E-state index in [0.717, 1.165) is 12.5 Å². The molecule has 1 aliphatic heterocycles. The minimum atomic E-state index is 0.858. The number of H-pyrrole nitrogens is 1. The van der Waals surface area contributed by atoms with Gasteiger partial charge in [-0.2, -0.15) is 5.10 Å². The lowest BCUT2D eigenvalue weighted by Gasteiger charge is -2.30. The maximum absolute atomic E-state index is 3.96. The number of likely N-dealkylation sites (tertiary alicyclic amines) is 1. The summed E-state index contributed by atoms with van der Waals surface area (Å²) in [6.07, 6.45) is 4.55. The fourth-order valence-electron chi connectivity index (χ4n) is 2.04. The van der Waals surface area contributed by atoms with Crippen LogP contribution in [0.25, 0.3) is 0 Å². The molecule has 2 rings (SSSR count).